The van der Waals surface area contributed by atoms with Crippen LogP contribution >= 0.6 is 11.6 Å². The molecule has 0 unspecified atom stereocenters. The van der Waals surface area contributed by atoms with Crippen molar-refractivity contribution in [1.29, 1.82) is 0 Å². The Hall–Kier alpha value is -2.80. The third kappa shape index (κ3) is 4.23. The summed E-state index contributed by atoms with van der Waals surface area (Å²) in [4.78, 5) is 14.1. The van der Waals surface area contributed by atoms with Gasteiger partial charge >= 0.3 is 0 Å². The molecule has 0 spiro atoms. The van der Waals surface area contributed by atoms with Gasteiger partial charge in [0.15, 0.2) is 12.4 Å². The van der Waals surface area contributed by atoms with E-state index in [1.165, 1.54) is 0 Å². The minimum atomic E-state index is -0.170. The maximum absolute atomic E-state index is 12.5. The minimum Gasteiger partial charge on any atom is -0.471 e. The molecule has 0 aliphatic carbocycles. The average molecular weight is 374 g/mol. The van der Waals surface area contributed by atoms with Gasteiger partial charge in [-0.25, -0.2) is 4.68 Å². The fraction of sp³-hybridized carbons (Fsp3) is 0.278. The molecule has 0 radical (unpaired) electrons. The van der Waals surface area contributed by atoms with E-state index in [1.54, 1.807) is 45.7 Å². The predicted molar refractivity (Wildman–Crippen MR) is 98.0 cm³/mol. The molecule has 0 atom stereocenters. The molecule has 0 fully saturated rings. The van der Waals surface area contributed by atoms with Crippen molar-refractivity contribution >= 4 is 17.5 Å². The van der Waals surface area contributed by atoms with Crippen molar-refractivity contribution in [3.8, 4) is 5.75 Å². The Balaban J connectivity index is 1.59. The maximum atomic E-state index is 12.5. The molecule has 26 heavy (non-hydrogen) atoms. The summed E-state index contributed by atoms with van der Waals surface area (Å²) < 4.78 is 8.97. The van der Waals surface area contributed by atoms with Crippen LogP contribution in [0.3, 0.4) is 0 Å². The zero-order valence-electron chi connectivity index (χ0n) is 14.9. The van der Waals surface area contributed by atoms with Crippen molar-refractivity contribution in [2.75, 3.05) is 7.05 Å². The molecule has 1 aromatic carbocycles. The van der Waals surface area contributed by atoms with Crippen molar-refractivity contribution in [2.45, 2.75) is 20.2 Å². The van der Waals surface area contributed by atoms with Gasteiger partial charge in [-0.05, 0) is 42.8 Å². The summed E-state index contributed by atoms with van der Waals surface area (Å²) in [5, 5.41) is 9.25. The van der Waals surface area contributed by atoms with Crippen LogP contribution in [0.1, 0.15) is 21.7 Å². The monoisotopic (exact) mass is 373 g/mol. The first kappa shape index (κ1) is 18.0. The van der Waals surface area contributed by atoms with Crippen molar-refractivity contribution in [2.24, 2.45) is 7.05 Å². The standard InChI is InChI=1S/C18H20ClN5O2/c1-13-10-15(4-5-16(13)19)26-12-24-9-7-17(21-24)18(25)22(2)11-14-6-8-23(3)20-14/h4-10H,11-12H2,1-3H3. The molecular formula is C18H20ClN5O2. The molecule has 0 aliphatic heterocycles. The van der Waals surface area contributed by atoms with Crippen LogP contribution in [-0.2, 0) is 20.3 Å². The zero-order chi connectivity index (χ0) is 18.7. The summed E-state index contributed by atoms with van der Waals surface area (Å²) in [6, 6.07) is 9.00. The minimum absolute atomic E-state index is 0.170. The van der Waals surface area contributed by atoms with Crippen LogP contribution in [0.25, 0.3) is 0 Å². The van der Waals surface area contributed by atoms with Crippen molar-refractivity contribution in [3.63, 3.8) is 0 Å². The summed E-state index contributed by atoms with van der Waals surface area (Å²) >= 11 is 6.00. The fourth-order valence-electron chi connectivity index (χ4n) is 2.45. The maximum Gasteiger partial charge on any atom is 0.274 e. The van der Waals surface area contributed by atoms with E-state index in [-0.39, 0.29) is 12.6 Å². The highest BCUT2D eigenvalue weighted by Gasteiger charge is 2.16. The molecule has 7 nitrogen and oxygen atoms in total. The number of nitrogens with zero attached hydrogens (tertiary/aromatic N) is 5. The van der Waals surface area contributed by atoms with E-state index in [2.05, 4.69) is 10.2 Å². The predicted octanol–water partition coefficient (Wildman–Crippen LogP) is 2.89. The van der Waals surface area contributed by atoms with E-state index < -0.39 is 0 Å². The van der Waals surface area contributed by atoms with Gasteiger partial charge in [0, 0.05) is 31.5 Å². The first-order valence-electron chi connectivity index (χ1n) is 8.09. The Morgan fingerprint density at radius 3 is 2.73 bits per heavy atom. The highest BCUT2D eigenvalue weighted by atomic mass is 35.5. The average Bonchev–Trinajstić information content (AvgIpc) is 3.24. The van der Waals surface area contributed by atoms with Crippen LogP contribution in [0.15, 0.2) is 42.7 Å². The largest absolute Gasteiger partial charge is 0.471 e. The highest BCUT2D eigenvalue weighted by Crippen LogP contribution is 2.21. The van der Waals surface area contributed by atoms with Gasteiger partial charge in [-0.2, -0.15) is 10.2 Å². The Bertz CT molecular complexity index is 918. The smallest absolute Gasteiger partial charge is 0.274 e. The van der Waals surface area contributed by atoms with Gasteiger partial charge in [-0.15, -0.1) is 0 Å². The third-order valence-corrected chi connectivity index (χ3v) is 4.29. The van der Waals surface area contributed by atoms with Crippen LogP contribution in [0.2, 0.25) is 5.02 Å². The molecule has 8 heteroatoms. The number of hydrogen-bond donors (Lipinski definition) is 0. The van der Waals surface area contributed by atoms with Crippen LogP contribution in [-0.4, -0.2) is 37.4 Å². The molecule has 0 bridgehead atoms. The first-order valence-corrected chi connectivity index (χ1v) is 8.46. The number of carbonyl (C=O) groups excluding carboxylic acids is 1. The summed E-state index contributed by atoms with van der Waals surface area (Å²) in [6.45, 7) is 2.54. The van der Waals surface area contributed by atoms with Gasteiger partial charge < -0.3 is 9.64 Å². The number of halogens is 1. The molecular weight excluding hydrogens is 354 g/mol. The van der Waals surface area contributed by atoms with Crippen LogP contribution in [0.4, 0.5) is 0 Å². The van der Waals surface area contributed by atoms with E-state index in [1.807, 2.05) is 32.3 Å². The topological polar surface area (TPSA) is 65.2 Å². The summed E-state index contributed by atoms with van der Waals surface area (Å²) in [7, 11) is 3.57. The summed E-state index contributed by atoms with van der Waals surface area (Å²) in [5.74, 6) is 0.527. The number of amides is 1. The normalized spacial score (nSPS) is 10.8. The number of aromatic nitrogens is 4. The van der Waals surface area contributed by atoms with E-state index in [4.69, 9.17) is 16.3 Å². The van der Waals surface area contributed by atoms with Crippen LogP contribution in [0.5, 0.6) is 5.75 Å². The molecule has 3 aromatic rings. The van der Waals surface area contributed by atoms with Crippen molar-refractivity contribution in [3.05, 3.63) is 64.7 Å². The van der Waals surface area contributed by atoms with E-state index in [0.29, 0.717) is 23.0 Å². The van der Waals surface area contributed by atoms with Gasteiger partial charge in [0.05, 0.1) is 12.2 Å². The SMILES string of the molecule is Cc1cc(OCn2ccc(C(=O)N(C)Cc3ccn(C)n3)n2)ccc1Cl. The summed E-state index contributed by atoms with van der Waals surface area (Å²) in [6.07, 6.45) is 3.56. The van der Waals surface area contributed by atoms with Gasteiger partial charge in [-0.3, -0.25) is 9.48 Å². The molecule has 0 N–H and O–H groups in total. The van der Waals surface area contributed by atoms with E-state index >= 15 is 0 Å². The number of benzene rings is 1. The number of rotatable bonds is 6. The van der Waals surface area contributed by atoms with Crippen molar-refractivity contribution < 1.29 is 9.53 Å². The quantitative estimate of drug-likeness (QED) is 0.666. The lowest BCUT2D eigenvalue weighted by molar-refractivity contribution is 0.0775. The first-order chi connectivity index (χ1) is 12.4. The summed E-state index contributed by atoms with van der Waals surface area (Å²) in [5.41, 5.74) is 2.13. The number of hydrogen-bond acceptors (Lipinski definition) is 4. The third-order valence-electron chi connectivity index (χ3n) is 3.87. The molecule has 2 aromatic heterocycles. The van der Waals surface area contributed by atoms with Crippen LogP contribution in [0, 0.1) is 6.92 Å². The van der Waals surface area contributed by atoms with Gasteiger partial charge in [0.25, 0.3) is 5.91 Å². The van der Waals surface area contributed by atoms with Gasteiger partial charge in [-0.1, -0.05) is 11.6 Å². The lowest BCUT2D eigenvalue weighted by Crippen LogP contribution is -2.27. The lowest BCUT2D eigenvalue weighted by atomic mass is 10.2. The van der Waals surface area contributed by atoms with Gasteiger partial charge in [0.2, 0.25) is 0 Å². The van der Waals surface area contributed by atoms with E-state index in [9.17, 15) is 4.79 Å². The van der Waals surface area contributed by atoms with Gasteiger partial charge in [0.1, 0.15) is 5.75 Å². The molecule has 1 amide bonds. The van der Waals surface area contributed by atoms with E-state index in [0.717, 1.165) is 11.3 Å². The second-order valence-corrected chi connectivity index (χ2v) is 6.47. The Morgan fingerprint density at radius 2 is 2.04 bits per heavy atom. The Labute approximate surface area is 156 Å². The number of ether oxygens (including phenoxy) is 1. The zero-order valence-corrected chi connectivity index (χ0v) is 15.6. The second kappa shape index (κ2) is 7.61. The Kier molecular flexibility index (Phi) is 5.27. The molecule has 136 valence electrons. The van der Waals surface area contributed by atoms with Crippen molar-refractivity contribution in [1.82, 2.24) is 24.5 Å². The molecule has 3 rings (SSSR count). The lowest BCUT2D eigenvalue weighted by Gasteiger charge is -2.14. The highest BCUT2D eigenvalue weighted by molar-refractivity contribution is 6.31. The van der Waals surface area contributed by atoms with Crippen LogP contribution < -0.4 is 4.74 Å². The molecule has 0 saturated carbocycles. The second-order valence-electron chi connectivity index (χ2n) is 6.07. The number of aryl methyl sites for hydroxylation is 2. The fourth-order valence-corrected chi connectivity index (χ4v) is 2.57. The molecule has 2 heterocycles. The number of carbonyl (C=O) groups is 1. The molecule has 0 saturated heterocycles. The Morgan fingerprint density at radius 1 is 1.23 bits per heavy atom. The molecule has 0 aliphatic rings.